The molecule has 2 aromatic heterocycles. The van der Waals surface area contributed by atoms with Crippen LogP contribution in [0, 0.1) is 0 Å². The number of carbonyl (C=O) groups excluding carboxylic acids is 1. The molecule has 0 bridgehead atoms. The van der Waals surface area contributed by atoms with E-state index in [1.807, 2.05) is 0 Å². The molecular weight excluding hydrogens is 372 g/mol. The van der Waals surface area contributed by atoms with E-state index in [0.29, 0.717) is 23.2 Å². The summed E-state index contributed by atoms with van der Waals surface area (Å²) in [6.45, 7) is 1.22. The molecule has 1 aliphatic heterocycles. The van der Waals surface area contributed by atoms with Gasteiger partial charge in [0.25, 0.3) is 10.0 Å². The van der Waals surface area contributed by atoms with Gasteiger partial charge in [0.15, 0.2) is 0 Å². The van der Waals surface area contributed by atoms with Crippen molar-refractivity contribution in [1.82, 2.24) is 9.21 Å². The number of furan rings is 1. The van der Waals surface area contributed by atoms with Gasteiger partial charge in [0.2, 0.25) is 5.91 Å². The number of rotatable bonds is 4. The second-order valence-corrected chi connectivity index (χ2v) is 9.02. The molecule has 24 heavy (non-hydrogen) atoms. The predicted molar refractivity (Wildman–Crippen MR) is 92.4 cm³/mol. The predicted octanol–water partition coefficient (Wildman–Crippen LogP) is 2.54. The molecule has 0 unspecified atom stereocenters. The highest BCUT2D eigenvalue weighted by molar-refractivity contribution is 7.91. The van der Waals surface area contributed by atoms with Gasteiger partial charge in [-0.3, -0.25) is 4.79 Å². The average molecular weight is 387 g/mol. The summed E-state index contributed by atoms with van der Waals surface area (Å²) < 4.78 is 32.2. The normalized spacial score (nSPS) is 16.8. The Labute approximate surface area is 149 Å². The van der Waals surface area contributed by atoms with Crippen molar-refractivity contribution >= 4 is 44.9 Å². The molecule has 1 amide bonds. The Kier molecular flexibility index (Phi) is 5.09. The number of hydrogen-bond acceptors (Lipinski definition) is 5. The summed E-state index contributed by atoms with van der Waals surface area (Å²) >= 11 is 6.85. The number of piperazine rings is 1. The second kappa shape index (κ2) is 7.10. The van der Waals surface area contributed by atoms with Crippen LogP contribution in [0.15, 0.2) is 45.2 Å². The van der Waals surface area contributed by atoms with Crippen LogP contribution >= 0.6 is 22.9 Å². The second-order valence-electron chi connectivity index (χ2n) is 5.14. The van der Waals surface area contributed by atoms with Gasteiger partial charge in [-0.15, -0.1) is 11.3 Å². The van der Waals surface area contributed by atoms with Crippen LogP contribution in [0.5, 0.6) is 0 Å². The molecule has 1 fully saturated rings. The third-order valence-corrected chi connectivity index (χ3v) is 7.22. The smallest absolute Gasteiger partial charge is 0.252 e. The van der Waals surface area contributed by atoms with Crippen LogP contribution in [0.1, 0.15) is 5.76 Å². The van der Waals surface area contributed by atoms with Crippen LogP contribution in [0.4, 0.5) is 0 Å². The molecule has 6 nitrogen and oxygen atoms in total. The lowest BCUT2D eigenvalue weighted by Crippen LogP contribution is -2.50. The zero-order valence-corrected chi connectivity index (χ0v) is 15.0. The minimum Gasteiger partial charge on any atom is -0.465 e. The molecule has 128 valence electrons. The Balaban J connectivity index is 1.60. The third kappa shape index (κ3) is 3.72. The molecule has 0 spiro atoms. The lowest BCUT2D eigenvalue weighted by atomic mass is 10.3. The molecule has 1 saturated heterocycles. The van der Waals surface area contributed by atoms with Crippen molar-refractivity contribution in [3.05, 3.63) is 46.7 Å². The first-order valence-electron chi connectivity index (χ1n) is 7.23. The van der Waals surface area contributed by atoms with E-state index < -0.39 is 10.0 Å². The maximum atomic E-state index is 12.5. The van der Waals surface area contributed by atoms with E-state index in [2.05, 4.69) is 0 Å². The minimum atomic E-state index is -3.54. The Hall–Kier alpha value is -1.61. The quantitative estimate of drug-likeness (QED) is 0.757. The van der Waals surface area contributed by atoms with E-state index in [1.54, 1.807) is 29.2 Å². The van der Waals surface area contributed by atoms with Gasteiger partial charge in [-0.25, -0.2) is 8.42 Å². The van der Waals surface area contributed by atoms with Crippen molar-refractivity contribution in [1.29, 1.82) is 0 Å². The lowest BCUT2D eigenvalue weighted by Gasteiger charge is -2.33. The largest absolute Gasteiger partial charge is 0.465 e. The molecule has 0 atom stereocenters. The Morgan fingerprint density at radius 3 is 2.54 bits per heavy atom. The minimum absolute atomic E-state index is 0.164. The van der Waals surface area contributed by atoms with Gasteiger partial charge >= 0.3 is 0 Å². The van der Waals surface area contributed by atoms with Crippen LogP contribution in [0.3, 0.4) is 0 Å². The highest BCUT2D eigenvalue weighted by Crippen LogP contribution is 2.28. The summed E-state index contributed by atoms with van der Waals surface area (Å²) in [5.41, 5.74) is 0. The van der Waals surface area contributed by atoms with Crippen LogP contribution in [0.25, 0.3) is 6.08 Å². The molecule has 0 N–H and O–H groups in total. The van der Waals surface area contributed by atoms with Gasteiger partial charge in [0, 0.05) is 32.3 Å². The lowest BCUT2D eigenvalue weighted by molar-refractivity contribution is -0.127. The van der Waals surface area contributed by atoms with Crippen molar-refractivity contribution in [3.63, 3.8) is 0 Å². The number of amides is 1. The zero-order valence-electron chi connectivity index (χ0n) is 12.6. The van der Waals surface area contributed by atoms with Gasteiger partial charge in [0.05, 0.1) is 10.6 Å². The summed E-state index contributed by atoms with van der Waals surface area (Å²) in [6, 6.07) is 6.56. The van der Waals surface area contributed by atoms with E-state index in [9.17, 15) is 13.2 Å². The Morgan fingerprint density at radius 1 is 1.21 bits per heavy atom. The molecular formula is C15H15ClN2O4S2. The third-order valence-electron chi connectivity index (χ3n) is 3.63. The Morgan fingerprint density at radius 2 is 1.96 bits per heavy atom. The van der Waals surface area contributed by atoms with E-state index in [1.165, 1.54) is 22.7 Å². The zero-order chi connectivity index (χ0) is 17.2. The number of thiophene rings is 1. The van der Waals surface area contributed by atoms with Gasteiger partial charge in [-0.05, 0) is 30.3 Å². The van der Waals surface area contributed by atoms with Crippen LogP contribution in [-0.2, 0) is 14.8 Å². The molecule has 0 radical (unpaired) electrons. The molecule has 3 rings (SSSR count). The van der Waals surface area contributed by atoms with E-state index in [0.717, 1.165) is 11.3 Å². The molecule has 0 aliphatic carbocycles. The molecule has 3 heterocycles. The van der Waals surface area contributed by atoms with Crippen molar-refractivity contribution in [2.45, 2.75) is 4.21 Å². The summed E-state index contributed by atoms with van der Waals surface area (Å²) in [6.07, 6.45) is 4.56. The fourth-order valence-electron chi connectivity index (χ4n) is 2.36. The topological polar surface area (TPSA) is 70.8 Å². The number of hydrogen-bond donors (Lipinski definition) is 0. The first-order valence-corrected chi connectivity index (χ1v) is 9.86. The van der Waals surface area contributed by atoms with Gasteiger partial charge < -0.3 is 9.32 Å². The van der Waals surface area contributed by atoms with Crippen molar-refractivity contribution in [2.24, 2.45) is 0 Å². The fourth-order valence-corrected chi connectivity index (χ4v) is 5.42. The monoisotopic (exact) mass is 386 g/mol. The summed E-state index contributed by atoms with van der Waals surface area (Å²) in [5.74, 6) is 0.432. The van der Waals surface area contributed by atoms with E-state index >= 15 is 0 Å². The number of nitrogens with zero attached hydrogens (tertiary/aromatic N) is 2. The van der Waals surface area contributed by atoms with Crippen LogP contribution in [0.2, 0.25) is 4.34 Å². The summed E-state index contributed by atoms with van der Waals surface area (Å²) in [7, 11) is -3.54. The highest BCUT2D eigenvalue weighted by Gasteiger charge is 2.30. The van der Waals surface area contributed by atoms with Crippen LogP contribution in [-0.4, -0.2) is 49.7 Å². The van der Waals surface area contributed by atoms with Crippen LogP contribution < -0.4 is 0 Å². The molecule has 0 aromatic carbocycles. The van der Waals surface area contributed by atoms with Crippen molar-refractivity contribution in [3.8, 4) is 0 Å². The standard InChI is InChI=1S/C15H15ClN2O4S2/c16-13-4-6-15(23-13)24(20,21)18-9-7-17(8-10-18)14(19)5-3-12-2-1-11-22-12/h1-6,11H,7-10H2. The first-order chi connectivity index (χ1) is 11.5. The van der Waals surface area contributed by atoms with Gasteiger partial charge in [-0.1, -0.05) is 11.6 Å². The fraction of sp³-hybridized carbons (Fsp3) is 0.267. The molecule has 0 saturated carbocycles. The molecule has 2 aromatic rings. The average Bonchev–Trinajstić information content (AvgIpc) is 3.24. The van der Waals surface area contributed by atoms with Gasteiger partial charge in [-0.2, -0.15) is 4.31 Å². The number of carbonyl (C=O) groups is 1. The summed E-state index contributed by atoms with van der Waals surface area (Å²) in [4.78, 5) is 13.8. The van der Waals surface area contributed by atoms with E-state index in [-0.39, 0.29) is 23.2 Å². The maximum Gasteiger partial charge on any atom is 0.252 e. The van der Waals surface area contributed by atoms with Crippen molar-refractivity contribution in [2.75, 3.05) is 26.2 Å². The first kappa shape index (κ1) is 17.2. The number of sulfonamides is 1. The van der Waals surface area contributed by atoms with E-state index in [4.69, 9.17) is 16.0 Å². The highest BCUT2D eigenvalue weighted by atomic mass is 35.5. The Bertz CT molecular complexity index is 835. The maximum absolute atomic E-state index is 12.5. The number of halogens is 1. The summed E-state index contributed by atoms with van der Waals surface area (Å²) in [5, 5.41) is 0. The molecule has 1 aliphatic rings. The SMILES string of the molecule is O=C(C=Cc1ccco1)N1CCN(S(=O)(=O)c2ccc(Cl)s2)CC1. The molecule has 9 heteroatoms. The van der Waals surface area contributed by atoms with Crippen molar-refractivity contribution < 1.29 is 17.6 Å². The van der Waals surface area contributed by atoms with Gasteiger partial charge in [0.1, 0.15) is 9.97 Å².